The third kappa shape index (κ3) is 5.37. The monoisotopic (exact) mass is 717 g/mol. The number of furan rings is 2. The van der Waals surface area contributed by atoms with E-state index in [0.717, 1.165) is 105 Å². The first-order valence-electron chi connectivity index (χ1n) is 18.7. The second kappa shape index (κ2) is 13.0. The number of benzene rings is 7. The molecule has 0 fully saturated rings. The van der Waals surface area contributed by atoms with Crippen LogP contribution in [-0.4, -0.2) is 15.0 Å². The van der Waals surface area contributed by atoms with E-state index in [1.54, 1.807) is 6.20 Å². The zero-order valence-electron chi connectivity index (χ0n) is 30.1. The summed E-state index contributed by atoms with van der Waals surface area (Å²) in [6.45, 7) is 0. The Morgan fingerprint density at radius 1 is 0.357 bits per heavy atom. The van der Waals surface area contributed by atoms with Crippen molar-refractivity contribution >= 4 is 43.9 Å². The Hall–Kier alpha value is -7.63. The van der Waals surface area contributed by atoms with Gasteiger partial charge in [-0.25, -0.2) is 9.97 Å². The summed E-state index contributed by atoms with van der Waals surface area (Å²) in [6.07, 6.45) is 3.69. The van der Waals surface area contributed by atoms with Gasteiger partial charge >= 0.3 is 0 Å². The number of nitrogens with zero attached hydrogens (tertiary/aromatic N) is 3. The first-order valence-corrected chi connectivity index (χ1v) is 18.7. The summed E-state index contributed by atoms with van der Waals surface area (Å²) in [7, 11) is 0. The minimum absolute atomic E-state index is 0.653. The molecule has 11 aromatic rings. The molecule has 0 spiro atoms. The average molecular weight is 718 g/mol. The lowest BCUT2D eigenvalue weighted by molar-refractivity contribution is 0.669. The quantitative estimate of drug-likeness (QED) is 0.171. The molecule has 4 heterocycles. The molecule has 0 aliphatic rings. The van der Waals surface area contributed by atoms with Crippen LogP contribution in [0.3, 0.4) is 0 Å². The summed E-state index contributed by atoms with van der Waals surface area (Å²) in [5, 5.41) is 4.38. The number of fused-ring (bicyclic) bond motifs is 6. The van der Waals surface area contributed by atoms with E-state index in [-0.39, 0.29) is 0 Å². The molecule has 5 heteroatoms. The zero-order valence-corrected chi connectivity index (χ0v) is 30.1. The molecule has 0 unspecified atom stereocenters. The normalized spacial score (nSPS) is 11.6. The number of rotatable bonds is 6. The largest absolute Gasteiger partial charge is 0.456 e. The summed E-state index contributed by atoms with van der Waals surface area (Å²) in [4.78, 5) is 14.7. The third-order valence-corrected chi connectivity index (χ3v) is 10.6. The van der Waals surface area contributed by atoms with Gasteiger partial charge in [-0.1, -0.05) is 133 Å². The van der Waals surface area contributed by atoms with Crippen LogP contribution in [0.25, 0.3) is 111 Å². The highest BCUT2D eigenvalue weighted by molar-refractivity contribution is 6.17. The average Bonchev–Trinajstić information content (AvgIpc) is 3.85. The molecule has 0 saturated heterocycles. The smallest absolute Gasteiger partial charge is 0.160 e. The molecule has 0 saturated carbocycles. The SMILES string of the molecule is c1ccc(-c2cc(-c3ccccc3-c3cccnc3)nc(-c3ccc(-c4ccc(-c5ccc6oc7ccccc7c6c5)c5c4oc4ccccc45)cc3)n2)cc1. The molecule has 0 bridgehead atoms. The standard InChI is InChI=1S/C51H31N3O2/c1-2-11-33(12-3-1)44-30-45(40-15-5-4-14-37(40)36-13-10-28-52-31-36)54-51(53-44)34-22-20-32(21-23-34)39-26-25-38(49-42-17-7-9-19-47(42)56-50(39)49)35-24-27-48-43(29-35)41-16-6-8-18-46(41)55-48/h1-31H. The molecule has 11 rings (SSSR count). The van der Waals surface area contributed by atoms with Crippen LogP contribution in [0, 0.1) is 0 Å². The first kappa shape index (κ1) is 31.9. The molecule has 56 heavy (non-hydrogen) atoms. The van der Waals surface area contributed by atoms with Gasteiger partial charge in [-0.3, -0.25) is 4.98 Å². The van der Waals surface area contributed by atoms with Gasteiger partial charge in [0.1, 0.15) is 22.3 Å². The Morgan fingerprint density at radius 3 is 1.82 bits per heavy atom. The predicted molar refractivity (Wildman–Crippen MR) is 227 cm³/mol. The van der Waals surface area contributed by atoms with Crippen molar-refractivity contribution in [1.29, 1.82) is 0 Å². The molecular weight excluding hydrogens is 687 g/mol. The summed E-state index contributed by atoms with van der Waals surface area (Å²) in [5.74, 6) is 0.653. The highest BCUT2D eigenvalue weighted by atomic mass is 16.3. The van der Waals surface area contributed by atoms with E-state index in [0.29, 0.717) is 5.82 Å². The van der Waals surface area contributed by atoms with Crippen LogP contribution in [0.15, 0.2) is 197 Å². The maximum absolute atomic E-state index is 6.69. The zero-order chi connectivity index (χ0) is 37.0. The highest BCUT2D eigenvalue weighted by Crippen LogP contribution is 2.43. The van der Waals surface area contributed by atoms with Gasteiger partial charge in [0.15, 0.2) is 5.82 Å². The minimum atomic E-state index is 0.653. The highest BCUT2D eigenvalue weighted by Gasteiger charge is 2.19. The van der Waals surface area contributed by atoms with E-state index in [2.05, 4.69) is 132 Å². The Bertz CT molecular complexity index is 3240. The number of hydrogen-bond donors (Lipinski definition) is 0. The van der Waals surface area contributed by atoms with Crippen molar-refractivity contribution < 1.29 is 8.83 Å². The van der Waals surface area contributed by atoms with Gasteiger partial charge in [-0.2, -0.15) is 0 Å². The molecule has 5 nitrogen and oxygen atoms in total. The van der Waals surface area contributed by atoms with Crippen molar-refractivity contribution in [3.63, 3.8) is 0 Å². The van der Waals surface area contributed by atoms with Crippen LogP contribution in [0.2, 0.25) is 0 Å². The number of para-hydroxylation sites is 2. The summed E-state index contributed by atoms with van der Waals surface area (Å²) in [6, 6.07) is 60.5. The molecule has 0 N–H and O–H groups in total. The Balaban J connectivity index is 1.03. The molecule has 0 atom stereocenters. The van der Waals surface area contributed by atoms with Crippen LogP contribution in [0.5, 0.6) is 0 Å². The fourth-order valence-corrected chi connectivity index (χ4v) is 7.94. The summed E-state index contributed by atoms with van der Waals surface area (Å²) >= 11 is 0. The molecule has 0 aliphatic carbocycles. The van der Waals surface area contributed by atoms with E-state index in [9.17, 15) is 0 Å². The number of pyridine rings is 1. The fraction of sp³-hybridized carbons (Fsp3) is 0. The van der Waals surface area contributed by atoms with E-state index < -0.39 is 0 Å². The van der Waals surface area contributed by atoms with Crippen molar-refractivity contribution in [3.8, 4) is 67.3 Å². The summed E-state index contributed by atoms with van der Waals surface area (Å²) < 4.78 is 12.8. The second-order valence-corrected chi connectivity index (χ2v) is 14.0. The number of hydrogen-bond acceptors (Lipinski definition) is 5. The maximum atomic E-state index is 6.69. The van der Waals surface area contributed by atoms with E-state index in [4.69, 9.17) is 18.8 Å². The van der Waals surface area contributed by atoms with Crippen LogP contribution in [0.1, 0.15) is 0 Å². The second-order valence-electron chi connectivity index (χ2n) is 14.0. The van der Waals surface area contributed by atoms with Gasteiger partial charge in [-0.15, -0.1) is 0 Å². The molecule has 0 amide bonds. The maximum Gasteiger partial charge on any atom is 0.160 e. The molecule has 0 aliphatic heterocycles. The molecular formula is C51H31N3O2. The van der Waals surface area contributed by atoms with Gasteiger partial charge < -0.3 is 8.83 Å². The van der Waals surface area contributed by atoms with E-state index >= 15 is 0 Å². The lowest BCUT2D eigenvalue weighted by Crippen LogP contribution is -1.97. The van der Waals surface area contributed by atoms with Crippen molar-refractivity contribution in [2.75, 3.05) is 0 Å². The van der Waals surface area contributed by atoms with Gasteiger partial charge in [0.2, 0.25) is 0 Å². The lowest BCUT2D eigenvalue weighted by atomic mass is 9.93. The molecule has 0 radical (unpaired) electrons. The number of aromatic nitrogens is 3. The van der Waals surface area contributed by atoms with Gasteiger partial charge in [0, 0.05) is 61.8 Å². The predicted octanol–water partition coefficient (Wildman–Crippen LogP) is 13.7. The Morgan fingerprint density at radius 2 is 1.00 bits per heavy atom. The van der Waals surface area contributed by atoms with Crippen LogP contribution in [0.4, 0.5) is 0 Å². The van der Waals surface area contributed by atoms with Gasteiger partial charge in [-0.05, 0) is 64.7 Å². The van der Waals surface area contributed by atoms with E-state index in [1.807, 2.05) is 54.7 Å². The molecule has 7 aromatic carbocycles. The fourth-order valence-electron chi connectivity index (χ4n) is 7.94. The van der Waals surface area contributed by atoms with Crippen LogP contribution >= 0.6 is 0 Å². The van der Waals surface area contributed by atoms with Crippen LogP contribution in [-0.2, 0) is 0 Å². The lowest BCUT2D eigenvalue weighted by Gasteiger charge is -2.13. The van der Waals surface area contributed by atoms with Crippen molar-refractivity contribution in [3.05, 3.63) is 188 Å². The Labute approximate surface area is 322 Å². The van der Waals surface area contributed by atoms with Gasteiger partial charge in [0.05, 0.1) is 11.4 Å². The van der Waals surface area contributed by atoms with Crippen molar-refractivity contribution in [2.24, 2.45) is 0 Å². The summed E-state index contributed by atoms with van der Waals surface area (Å²) in [5.41, 5.74) is 14.5. The Kier molecular flexibility index (Phi) is 7.42. The minimum Gasteiger partial charge on any atom is -0.456 e. The topological polar surface area (TPSA) is 65.0 Å². The van der Waals surface area contributed by atoms with Crippen molar-refractivity contribution in [2.45, 2.75) is 0 Å². The molecule has 262 valence electrons. The first-order chi connectivity index (χ1) is 27.7. The van der Waals surface area contributed by atoms with Gasteiger partial charge in [0.25, 0.3) is 0 Å². The van der Waals surface area contributed by atoms with E-state index in [1.165, 1.54) is 0 Å². The third-order valence-electron chi connectivity index (χ3n) is 10.6. The van der Waals surface area contributed by atoms with Crippen LogP contribution < -0.4 is 0 Å². The van der Waals surface area contributed by atoms with Crippen molar-refractivity contribution in [1.82, 2.24) is 15.0 Å². The molecule has 4 aromatic heterocycles.